The molecule has 1 aromatic heterocycles. The topological polar surface area (TPSA) is 66.2 Å². The van der Waals surface area contributed by atoms with E-state index >= 15 is 0 Å². The summed E-state index contributed by atoms with van der Waals surface area (Å²) in [6.07, 6.45) is 0.0199. The van der Waals surface area contributed by atoms with Gasteiger partial charge in [-0.25, -0.2) is 18.7 Å². The number of hydrogen-bond donors (Lipinski definition) is 2. The molecule has 15 heavy (non-hydrogen) atoms. The molecule has 1 heterocycles. The Bertz CT molecular complexity index is 376. The number of hydrogen-bond acceptors (Lipinski definition) is 4. The zero-order valence-corrected chi connectivity index (χ0v) is 7.82. The Balaban J connectivity index is 2.23. The van der Waals surface area contributed by atoms with Gasteiger partial charge < -0.3 is 10.2 Å². The molecule has 1 fully saturated rings. The summed E-state index contributed by atoms with van der Waals surface area (Å²) in [4.78, 5) is 7.55. The van der Waals surface area contributed by atoms with Gasteiger partial charge in [0.15, 0.2) is 5.82 Å². The molecule has 2 rings (SSSR count). The number of alkyl halides is 2. The molecule has 0 amide bonds. The fourth-order valence-corrected chi connectivity index (χ4v) is 1.67. The molecule has 2 N–H and O–H groups in total. The molecule has 0 aliphatic heterocycles. The van der Waals surface area contributed by atoms with Gasteiger partial charge in [-0.1, -0.05) is 0 Å². The first kappa shape index (κ1) is 10.4. The summed E-state index contributed by atoms with van der Waals surface area (Å²) in [7, 11) is 0. The Morgan fingerprint density at radius 3 is 2.60 bits per heavy atom. The molecular weight excluding hydrogens is 206 g/mol. The molecule has 1 aliphatic carbocycles. The van der Waals surface area contributed by atoms with Crippen molar-refractivity contribution in [2.24, 2.45) is 0 Å². The molecule has 0 spiro atoms. The number of nitrogens with zero attached hydrogens (tertiary/aromatic N) is 2. The maximum Gasteiger partial charge on any atom is 0.254 e. The number of aliphatic hydroxyl groups is 2. The molecule has 0 saturated heterocycles. The highest BCUT2D eigenvalue weighted by Crippen LogP contribution is 2.50. The van der Waals surface area contributed by atoms with Gasteiger partial charge in [0.25, 0.3) is 5.92 Å². The van der Waals surface area contributed by atoms with Crippen molar-refractivity contribution in [2.75, 3.05) is 0 Å². The lowest BCUT2D eigenvalue weighted by molar-refractivity contribution is -0.214. The second-order valence-electron chi connectivity index (χ2n) is 3.77. The third-order valence-corrected chi connectivity index (χ3v) is 2.39. The van der Waals surface area contributed by atoms with Gasteiger partial charge in [-0.2, -0.15) is 0 Å². The molecule has 4 nitrogen and oxygen atoms in total. The first-order chi connectivity index (χ1) is 6.95. The molecule has 1 aliphatic rings. The third kappa shape index (κ3) is 1.82. The highest BCUT2D eigenvalue weighted by Gasteiger charge is 2.58. The van der Waals surface area contributed by atoms with Crippen LogP contribution in [0.15, 0.2) is 12.3 Å². The van der Waals surface area contributed by atoms with Crippen molar-refractivity contribution in [3.63, 3.8) is 0 Å². The maximum atomic E-state index is 12.6. The van der Waals surface area contributed by atoms with Gasteiger partial charge in [0.2, 0.25) is 0 Å². The number of aliphatic hydroxyl groups excluding tert-OH is 1. The summed E-state index contributed by atoms with van der Waals surface area (Å²) in [5.41, 5.74) is -1.34. The van der Waals surface area contributed by atoms with Gasteiger partial charge in [0, 0.05) is 19.0 Å². The molecule has 1 aromatic rings. The van der Waals surface area contributed by atoms with Crippen molar-refractivity contribution < 1.29 is 19.0 Å². The van der Waals surface area contributed by atoms with Gasteiger partial charge in [-0.05, 0) is 6.07 Å². The van der Waals surface area contributed by atoms with Gasteiger partial charge in [0.05, 0.1) is 12.3 Å². The molecular formula is C9H10F2N2O2. The van der Waals surface area contributed by atoms with E-state index in [9.17, 15) is 13.9 Å². The Morgan fingerprint density at radius 2 is 2.07 bits per heavy atom. The summed E-state index contributed by atoms with van der Waals surface area (Å²) in [5.74, 6) is -2.88. The van der Waals surface area contributed by atoms with E-state index in [2.05, 4.69) is 9.97 Å². The molecule has 0 unspecified atom stereocenters. The van der Waals surface area contributed by atoms with E-state index in [1.165, 1.54) is 12.3 Å². The van der Waals surface area contributed by atoms with Gasteiger partial charge in [0.1, 0.15) is 5.60 Å². The Hall–Kier alpha value is -1.14. The molecule has 0 radical (unpaired) electrons. The van der Waals surface area contributed by atoms with E-state index < -0.39 is 24.4 Å². The molecule has 0 atom stereocenters. The fourth-order valence-electron chi connectivity index (χ4n) is 1.67. The Labute approximate surface area is 84.6 Å². The van der Waals surface area contributed by atoms with E-state index in [4.69, 9.17) is 5.11 Å². The zero-order valence-electron chi connectivity index (χ0n) is 7.82. The van der Waals surface area contributed by atoms with E-state index in [-0.39, 0.29) is 12.4 Å². The van der Waals surface area contributed by atoms with Crippen LogP contribution in [-0.2, 0) is 12.2 Å². The van der Waals surface area contributed by atoms with Gasteiger partial charge in [-0.3, -0.25) is 0 Å². The van der Waals surface area contributed by atoms with Crippen LogP contribution >= 0.6 is 0 Å². The summed E-state index contributed by atoms with van der Waals surface area (Å²) in [6, 6.07) is 1.46. The average molecular weight is 216 g/mol. The van der Waals surface area contributed by atoms with Crippen molar-refractivity contribution in [2.45, 2.75) is 31.0 Å². The molecule has 6 heteroatoms. The normalized spacial score (nSPS) is 22.1. The minimum Gasteiger partial charge on any atom is -0.390 e. The molecule has 1 saturated carbocycles. The summed E-state index contributed by atoms with van der Waals surface area (Å²) in [5, 5.41) is 18.6. The quantitative estimate of drug-likeness (QED) is 0.759. The second-order valence-corrected chi connectivity index (χ2v) is 3.77. The minimum absolute atomic E-state index is 0.0417. The van der Waals surface area contributed by atoms with Crippen LogP contribution in [0.25, 0.3) is 0 Å². The lowest BCUT2D eigenvalue weighted by atomic mass is 9.76. The smallest absolute Gasteiger partial charge is 0.254 e. The highest BCUT2D eigenvalue weighted by atomic mass is 19.3. The number of aromatic nitrogens is 2. The highest BCUT2D eigenvalue weighted by molar-refractivity contribution is 5.14. The van der Waals surface area contributed by atoms with Crippen molar-refractivity contribution in [1.82, 2.24) is 9.97 Å². The van der Waals surface area contributed by atoms with E-state index in [0.717, 1.165) is 0 Å². The van der Waals surface area contributed by atoms with Crippen LogP contribution in [0.4, 0.5) is 8.78 Å². The van der Waals surface area contributed by atoms with Crippen molar-refractivity contribution in [3.8, 4) is 0 Å². The number of halogens is 2. The first-order valence-electron chi connectivity index (χ1n) is 4.49. The van der Waals surface area contributed by atoms with Crippen LogP contribution in [0.3, 0.4) is 0 Å². The second kappa shape index (κ2) is 3.18. The van der Waals surface area contributed by atoms with E-state index in [1.807, 2.05) is 0 Å². The first-order valence-corrected chi connectivity index (χ1v) is 4.49. The summed E-state index contributed by atoms with van der Waals surface area (Å²) >= 11 is 0. The van der Waals surface area contributed by atoms with E-state index in [1.54, 1.807) is 0 Å². The fraction of sp³-hybridized carbons (Fsp3) is 0.556. The monoisotopic (exact) mass is 216 g/mol. The zero-order chi connectivity index (χ0) is 11.1. The minimum atomic E-state index is -2.84. The summed E-state index contributed by atoms with van der Waals surface area (Å²) in [6.45, 7) is -0.304. The van der Waals surface area contributed by atoms with Crippen LogP contribution in [0.2, 0.25) is 0 Å². The molecule has 0 aromatic carbocycles. The van der Waals surface area contributed by atoms with Crippen molar-refractivity contribution in [1.29, 1.82) is 0 Å². The lowest BCUT2D eigenvalue weighted by Gasteiger charge is -2.41. The standard InChI is InChI=1S/C9H10F2N2O2/c10-9(11)4-8(15,5-9)7-12-2-1-6(3-14)13-7/h1-2,14-15H,3-5H2. The maximum absolute atomic E-state index is 12.6. The SMILES string of the molecule is OCc1ccnc(C2(O)CC(F)(F)C2)n1. The largest absolute Gasteiger partial charge is 0.390 e. The van der Waals surface area contributed by atoms with Crippen LogP contribution < -0.4 is 0 Å². The average Bonchev–Trinajstić information content (AvgIpc) is 2.15. The third-order valence-electron chi connectivity index (χ3n) is 2.39. The lowest BCUT2D eigenvalue weighted by Crippen LogP contribution is -2.50. The Morgan fingerprint density at radius 1 is 1.40 bits per heavy atom. The number of rotatable bonds is 2. The predicted octanol–water partition coefficient (Wildman–Crippen LogP) is 0.586. The van der Waals surface area contributed by atoms with E-state index in [0.29, 0.717) is 5.69 Å². The predicted molar refractivity (Wildman–Crippen MR) is 46.0 cm³/mol. The van der Waals surface area contributed by atoms with Gasteiger partial charge in [-0.15, -0.1) is 0 Å². The molecule has 82 valence electrons. The van der Waals surface area contributed by atoms with Crippen LogP contribution in [0.1, 0.15) is 24.4 Å². The Kier molecular flexibility index (Phi) is 2.20. The molecule has 0 bridgehead atoms. The van der Waals surface area contributed by atoms with Crippen LogP contribution in [0, 0.1) is 0 Å². The van der Waals surface area contributed by atoms with Crippen LogP contribution in [-0.4, -0.2) is 26.1 Å². The summed E-state index contributed by atoms with van der Waals surface area (Å²) < 4.78 is 25.3. The van der Waals surface area contributed by atoms with Gasteiger partial charge >= 0.3 is 0 Å². The van der Waals surface area contributed by atoms with Crippen molar-refractivity contribution in [3.05, 3.63) is 23.8 Å². The van der Waals surface area contributed by atoms with Crippen molar-refractivity contribution >= 4 is 0 Å². The van der Waals surface area contributed by atoms with Crippen LogP contribution in [0.5, 0.6) is 0 Å².